The van der Waals surface area contributed by atoms with Gasteiger partial charge in [0.1, 0.15) is 4.90 Å². The van der Waals surface area contributed by atoms with Crippen LogP contribution in [0, 0.1) is 0 Å². The largest absolute Gasteiger partial charge is 0.325 e. The van der Waals surface area contributed by atoms with Gasteiger partial charge in [0.25, 0.3) is 10.0 Å². The SMILES string of the molecule is CS(=O)(=O)c1ccccc1S(=O)(=O)Nc1ccc(NC(=O)N2CCCCCC2)cc1. The highest BCUT2D eigenvalue weighted by molar-refractivity contribution is 7.95. The second kappa shape index (κ2) is 9.05. The van der Waals surface area contributed by atoms with Gasteiger partial charge in [-0.2, -0.15) is 0 Å². The van der Waals surface area contributed by atoms with E-state index in [-0.39, 0.29) is 21.5 Å². The number of hydrogen-bond acceptors (Lipinski definition) is 5. The molecule has 1 heterocycles. The molecule has 1 aliphatic heterocycles. The number of hydrogen-bond donors (Lipinski definition) is 2. The van der Waals surface area contributed by atoms with Crippen molar-refractivity contribution in [2.75, 3.05) is 29.4 Å². The van der Waals surface area contributed by atoms with Crippen molar-refractivity contribution in [2.45, 2.75) is 35.5 Å². The number of urea groups is 1. The number of likely N-dealkylation sites (tertiary alicyclic amines) is 1. The number of carbonyl (C=O) groups excluding carboxylic acids is 1. The van der Waals surface area contributed by atoms with Crippen LogP contribution < -0.4 is 10.0 Å². The molecule has 0 aromatic heterocycles. The van der Waals surface area contributed by atoms with E-state index in [0.717, 1.165) is 45.0 Å². The van der Waals surface area contributed by atoms with Gasteiger partial charge in [-0.05, 0) is 49.2 Å². The summed E-state index contributed by atoms with van der Waals surface area (Å²) in [4.78, 5) is 13.6. The highest BCUT2D eigenvalue weighted by Gasteiger charge is 2.23. The van der Waals surface area contributed by atoms with E-state index in [0.29, 0.717) is 5.69 Å². The van der Waals surface area contributed by atoms with E-state index in [2.05, 4.69) is 10.0 Å². The number of sulfonamides is 1. The maximum Gasteiger partial charge on any atom is 0.321 e. The van der Waals surface area contributed by atoms with Crippen molar-refractivity contribution in [2.24, 2.45) is 0 Å². The molecule has 1 fully saturated rings. The third-order valence-electron chi connectivity index (χ3n) is 4.82. The Morgan fingerprint density at radius 3 is 1.90 bits per heavy atom. The van der Waals surface area contributed by atoms with Crippen molar-refractivity contribution in [1.29, 1.82) is 0 Å². The van der Waals surface area contributed by atoms with Gasteiger partial charge in [0.05, 0.1) is 4.90 Å². The molecule has 0 unspecified atom stereocenters. The average molecular weight is 452 g/mol. The number of rotatable bonds is 5. The first-order chi connectivity index (χ1) is 14.2. The summed E-state index contributed by atoms with van der Waals surface area (Å²) in [6.45, 7) is 1.45. The van der Waals surface area contributed by atoms with E-state index >= 15 is 0 Å². The van der Waals surface area contributed by atoms with E-state index in [9.17, 15) is 21.6 Å². The van der Waals surface area contributed by atoms with Crippen LogP contribution in [0.5, 0.6) is 0 Å². The summed E-state index contributed by atoms with van der Waals surface area (Å²) in [5, 5.41) is 2.82. The predicted octanol–water partition coefficient (Wildman–Crippen LogP) is 3.30. The lowest BCUT2D eigenvalue weighted by atomic mass is 10.2. The van der Waals surface area contributed by atoms with Crippen molar-refractivity contribution >= 4 is 37.3 Å². The lowest BCUT2D eigenvalue weighted by Crippen LogP contribution is -2.35. The van der Waals surface area contributed by atoms with Gasteiger partial charge in [-0.25, -0.2) is 21.6 Å². The minimum absolute atomic E-state index is 0.174. The molecule has 2 amide bonds. The van der Waals surface area contributed by atoms with Crippen LogP contribution in [0.4, 0.5) is 16.2 Å². The Balaban J connectivity index is 1.72. The predicted molar refractivity (Wildman–Crippen MR) is 116 cm³/mol. The lowest BCUT2D eigenvalue weighted by molar-refractivity contribution is 0.214. The number of amides is 2. The Morgan fingerprint density at radius 1 is 0.800 bits per heavy atom. The average Bonchev–Trinajstić information content (AvgIpc) is 2.98. The molecule has 0 radical (unpaired) electrons. The second-order valence-corrected chi connectivity index (χ2v) is 10.9. The molecule has 162 valence electrons. The lowest BCUT2D eigenvalue weighted by Gasteiger charge is -2.20. The Bertz CT molecular complexity index is 1110. The Kier molecular flexibility index (Phi) is 6.67. The molecule has 10 heteroatoms. The molecule has 0 atom stereocenters. The smallest absolute Gasteiger partial charge is 0.321 e. The van der Waals surface area contributed by atoms with Crippen LogP contribution in [-0.4, -0.2) is 47.1 Å². The zero-order valence-electron chi connectivity index (χ0n) is 16.7. The maximum absolute atomic E-state index is 12.7. The zero-order chi connectivity index (χ0) is 21.8. The summed E-state index contributed by atoms with van der Waals surface area (Å²) in [6.07, 6.45) is 5.19. The minimum atomic E-state index is -4.11. The van der Waals surface area contributed by atoms with Gasteiger partial charge < -0.3 is 10.2 Å². The quantitative estimate of drug-likeness (QED) is 0.724. The van der Waals surface area contributed by atoms with Crippen molar-refractivity contribution in [1.82, 2.24) is 4.90 Å². The van der Waals surface area contributed by atoms with Gasteiger partial charge in [0.2, 0.25) is 0 Å². The van der Waals surface area contributed by atoms with Crippen molar-refractivity contribution in [3.8, 4) is 0 Å². The fourth-order valence-electron chi connectivity index (χ4n) is 3.29. The fourth-order valence-corrected chi connectivity index (χ4v) is 5.98. The molecule has 0 saturated carbocycles. The summed E-state index contributed by atoms with van der Waals surface area (Å²) in [7, 11) is -7.82. The van der Waals surface area contributed by atoms with Crippen molar-refractivity contribution < 1.29 is 21.6 Å². The van der Waals surface area contributed by atoms with E-state index in [1.165, 1.54) is 36.4 Å². The monoisotopic (exact) mass is 451 g/mol. The van der Waals surface area contributed by atoms with E-state index in [1.54, 1.807) is 17.0 Å². The van der Waals surface area contributed by atoms with Gasteiger partial charge in [-0.1, -0.05) is 25.0 Å². The van der Waals surface area contributed by atoms with Gasteiger partial charge in [-0.3, -0.25) is 4.72 Å². The van der Waals surface area contributed by atoms with Gasteiger partial charge in [0.15, 0.2) is 9.84 Å². The molecule has 2 aromatic carbocycles. The van der Waals surface area contributed by atoms with E-state index in [4.69, 9.17) is 0 Å². The Labute approximate surface area is 177 Å². The number of anilines is 2. The summed E-state index contributed by atoms with van der Waals surface area (Å²) in [6, 6.07) is 11.5. The fraction of sp³-hybridized carbons (Fsp3) is 0.350. The van der Waals surface area contributed by atoms with E-state index < -0.39 is 19.9 Å². The van der Waals surface area contributed by atoms with Crippen LogP contribution in [0.25, 0.3) is 0 Å². The molecule has 30 heavy (non-hydrogen) atoms. The van der Waals surface area contributed by atoms with E-state index in [1.807, 2.05) is 0 Å². The maximum atomic E-state index is 12.7. The van der Waals surface area contributed by atoms with Crippen LogP contribution in [-0.2, 0) is 19.9 Å². The third kappa shape index (κ3) is 5.51. The minimum Gasteiger partial charge on any atom is -0.325 e. The number of benzene rings is 2. The van der Waals surface area contributed by atoms with Crippen LogP contribution in [0.3, 0.4) is 0 Å². The number of nitrogens with zero attached hydrogens (tertiary/aromatic N) is 1. The number of carbonyl (C=O) groups is 1. The van der Waals surface area contributed by atoms with Crippen molar-refractivity contribution in [3.63, 3.8) is 0 Å². The number of nitrogens with one attached hydrogen (secondary N) is 2. The molecule has 0 aliphatic carbocycles. The molecule has 2 N–H and O–H groups in total. The summed E-state index contributed by atoms with van der Waals surface area (Å²) >= 11 is 0. The van der Waals surface area contributed by atoms with Gasteiger partial charge >= 0.3 is 6.03 Å². The molecule has 8 nitrogen and oxygen atoms in total. The molecule has 1 saturated heterocycles. The molecular formula is C20H25N3O5S2. The van der Waals surface area contributed by atoms with Crippen LogP contribution >= 0.6 is 0 Å². The first-order valence-electron chi connectivity index (χ1n) is 9.65. The first-order valence-corrected chi connectivity index (χ1v) is 13.0. The molecule has 1 aliphatic rings. The summed E-state index contributed by atoms with van der Waals surface area (Å²) in [5.41, 5.74) is 0.801. The third-order valence-corrected chi connectivity index (χ3v) is 7.54. The zero-order valence-corrected chi connectivity index (χ0v) is 18.3. The first kappa shape index (κ1) is 22.1. The standard InChI is InChI=1S/C20H25N3O5S2/c1-29(25,26)18-8-4-5-9-19(18)30(27,28)22-17-12-10-16(11-13-17)21-20(24)23-14-6-2-3-7-15-23/h4-5,8-13,22H,2-3,6-7,14-15H2,1H3,(H,21,24). The molecule has 0 bridgehead atoms. The molecule has 0 spiro atoms. The normalized spacial score (nSPS) is 15.3. The highest BCUT2D eigenvalue weighted by Crippen LogP contribution is 2.24. The van der Waals surface area contributed by atoms with Crippen LogP contribution in [0.15, 0.2) is 58.3 Å². The summed E-state index contributed by atoms with van der Waals surface area (Å²) < 4.78 is 51.7. The number of sulfone groups is 1. The van der Waals surface area contributed by atoms with Gasteiger partial charge in [0, 0.05) is 30.7 Å². The van der Waals surface area contributed by atoms with Crippen molar-refractivity contribution in [3.05, 3.63) is 48.5 Å². The topological polar surface area (TPSA) is 113 Å². The Morgan fingerprint density at radius 2 is 1.33 bits per heavy atom. The Hall–Kier alpha value is -2.59. The molecule has 2 aromatic rings. The van der Waals surface area contributed by atoms with Crippen LogP contribution in [0.2, 0.25) is 0 Å². The van der Waals surface area contributed by atoms with Crippen LogP contribution in [0.1, 0.15) is 25.7 Å². The second-order valence-electron chi connectivity index (χ2n) is 7.23. The van der Waals surface area contributed by atoms with Gasteiger partial charge in [-0.15, -0.1) is 0 Å². The molecular weight excluding hydrogens is 426 g/mol. The highest BCUT2D eigenvalue weighted by atomic mass is 32.2. The summed E-state index contributed by atoms with van der Waals surface area (Å²) in [5.74, 6) is 0. The molecule has 3 rings (SSSR count).